The minimum Gasteiger partial charge on any atom is -0.370 e. The maximum atomic E-state index is 11.9. The summed E-state index contributed by atoms with van der Waals surface area (Å²) in [5.41, 5.74) is 2.53. The van der Waals surface area contributed by atoms with Gasteiger partial charge in [0, 0.05) is 31.2 Å². The van der Waals surface area contributed by atoms with Gasteiger partial charge in [0.2, 0.25) is 11.8 Å². The fourth-order valence-corrected chi connectivity index (χ4v) is 4.21. The third kappa shape index (κ3) is 2.41. The monoisotopic (exact) mass is 307 g/mol. The van der Waals surface area contributed by atoms with Crippen molar-refractivity contribution in [3.8, 4) is 5.97 Å². The molecule has 1 spiro atoms. The second-order valence-electron chi connectivity index (χ2n) is 7.19. The number of rotatable bonds is 2. The highest BCUT2D eigenvalue weighted by atomic mass is 16.2. The van der Waals surface area contributed by atoms with Gasteiger partial charge >= 0.3 is 0 Å². The number of benzene rings is 1. The van der Waals surface area contributed by atoms with E-state index in [1.807, 2.05) is 12.1 Å². The first-order valence-corrected chi connectivity index (χ1v) is 8.17. The number of amides is 2. The Balaban J connectivity index is 1.39. The summed E-state index contributed by atoms with van der Waals surface area (Å²) < 4.78 is 0. The van der Waals surface area contributed by atoms with Crippen LogP contribution >= 0.6 is 0 Å². The lowest BCUT2D eigenvalue weighted by Gasteiger charge is -2.58. The SMILES string of the molecule is N#CB1CC2(C1)CN(c1ccc(C3CCC(=O)NC3=O)cc1)C2. The molecule has 0 saturated carbocycles. The molecule has 0 aliphatic carbocycles. The van der Waals surface area contributed by atoms with Gasteiger partial charge in [0.25, 0.3) is 6.71 Å². The molecular formula is C17H18BN3O2. The molecule has 6 heteroatoms. The van der Waals surface area contributed by atoms with Crippen molar-refractivity contribution in [1.82, 2.24) is 5.32 Å². The molecule has 1 aromatic rings. The quantitative estimate of drug-likeness (QED) is 0.665. The molecule has 1 N–H and O–H groups in total. The molecular weight excluding hydrogens is 289 g/mol. The van der Waals surface area contributed by atoms with Gasteiger partial charge in [0.15, 0.2) is 0 Å². The number of carbonyl (C=O) groups is 2. The lowest BCUT2D eigenvalue weighted by molar-refractivity contribution is -0.134. The summed E-state index contributed by atoms with van der Waals surface area (Å²) >= 11 is 0. The van der Waals surface area contributed by atoms with E-state index in [0.29, 0.717) is 18.3 Å². The number of carbonyl (C=O) groups excluding carboxylic acids is 2. The first kappa shape index (κ1) is 14.3. The van der Waals surface area contributed by atoms with Crippen LogP contribution < -0.4 is 10.2 Å². The van der Waals surface area contributed by atoms with E-state index in [1.165, 1.54) is 5.69 Å². The first-order valence-electron chi connectivity index (χ1n) is 8.17. The van der Waals surface area contributed by atoms with Crippen molar-refractivity contribution in [3.63, 3.8) is 0 Å². The molecule has 0 radical (unpaired) electrons. The van der Waals surface area contributed by atoms with Gasteiger partial charge in [-0.25, -0.2) is 5.26 Å². The first-order chi connectivity index (χ1) is 11.1. The molecule has 1 aromatic carbocycles. The molecule has 3 fully saturated rings. The van der Waals surface area contributed by atoms with Crippen LogP contribution in [0, 0.1) is 16.6 Å². The van der Waals surface area contributed by atoms with E-state index in [2.05, 4.69) is 28.3 Å². The minimum absolute atomic E-state index is 0.176. The van der Waals surface area contributed by atoms with E-state index < -0.39 is 0 Å². The average Bonchev–Trinajstić information content (AvgIpc) is 2.46. The van der Waals surface area contributed by atoms with Crippen LogP contribution in [0.5, 0.6) is 0 Å². The number of imide groups is 1. The predicted octanol–water partition coefficient (Wildman–Crippen LogP) is 1.58. The zero-order chi connectivity index (χ0) is 16.0. The zero-order valence-corrected chi connectivity index (χ0v) is 12.9. The zero-order valence-electron chi connectivity index (χ0n) is 12.9. The van der Waals surface area contributed by atoms with Gasteiger partial charge in [0.1, 0.15) is 0 Å². The van der Waals surface area contributed by atoms with Crippen molar-refractivity contribution in [3.05, 3.63) is 29.8 Å². The van der Waals surface area contributed by atoms with Gasteiger partial charge in [-0.15, -0.1) is 0 Å². The summed E-state index contributed by atoms with van der Waals surface area (Å²) in [6.07, 6.45) is 3.07. The van der Waals surface area contributed by atoms with E-state index in [4.69, 9.17) is 5.26 Å². The van der Waals surface area contributed by atoms with Gasteiger partial charge in [-0.05, 0) is 29.5 Å². The van der Waals surface area contributed by atoms with E-state index in [-0.39, 0.29) is 24.4 Å². The third-order valence-electron chi connectivity index (χ3n) is 5.49. The van der Waals surface area contributed by atoms with Crippen molar-refractivity contribution in [1.29, 1.82) is 5.26 Å². The second-order valence-corrected chi connectivity index (χ2v) is 7.19. The van der Waals surface area contributed by atoms with Gasteiger partial charge < -0.3 is 4.90 Å². The summed E-state index contributed by atoms with van der Waals surface area (Å²) in [5, 5.41) is 11.3. The molecule has 0 bridgehead atoms. The summed E-state index contributed by atoms with van der Waals surface area (Å²) in [6, 6.07) is 8.12. The van der Waals surface area contributed by atoms with E-state index >= 15 is 0 Å². The molecule has 1 atom stereocenters. The highest BCUT2D eigenvalue weighted by molar-refractivity contribution is 6.70. The van der Waals surface area contributed by atoms with E-state index in [1.54, 1.807) is 0 Å². The van der Waals surface area contributed by atoms with Crippen LogP contribution in [0.25, 0.3) is 0 Å². The molecule has 116 valence electrons. The number of hydrogen-bond acceptors (Lipinski definition) is 4. The van der Waals surface area contributed by atoms with Crippen molar-refractivity contribution in [2.45, 2.75) is 31.4 Å². The van der Waals surface area contributed by atoms with Crippen molar-refractivity contribution >= 4 is 24.2 Å². The van der Waals surface area contributed by atoms with Crippen molar-refractivity contribution < 1.29 is 9.59 Å². The summed E-state index contributed by atoms with van der Waals surface area (Å²) in [5.74, 6) is 1.77. The van der Waals surface area contributed by atoms with Gasteiger partial charge in [-0.1, -0.05) is 24.8 Å². The molecule has 23 heavy (non-hydrogen) atoms. The van der Waals surface area contributed by atoms with Crippen LogP contribution in [0.1, 0.15) is 24.3 Å². The average molecular weight is 307 g/mol. The molecule has 5 nitrogen and oxygen atoms in total. The molecule has 1 unspecified atom stereocenters. The number of anilines is 1. The number of hydrogen-bond donors (Lipinski definition) is 1. The van der Waals surface area contributed by atoms with Crippen LogP contribution in [0.2, 0.25) is 12.6 Å². The molecule has 0 aromatic heterocycles. The third-order valence-corrected chi connectivity index (χ3v) is 5.49. The van der Waals surface area contributed by atoms with Crippen LogP contribution in [0.3, 0.4) is 0 Å². The van der Waals surface area contributed by atoms with Crippen LogP contribution in [0.15, 0.2) is 24.3 Å². The Bertz CT molecular complexity index is 696. The molecule has 3 heterocycles. The maximum Gasteiger partial charge on any atom is 0.269 e. The molecule has 3 aliphatic rings. The summed E-state index contributed by atoms with van der Waals surface area (Å²) in [6.45, 7) is 2.32. The highest BCUT2D eigenvalue weighted by Crippen LogP contribution is 2.50. The van der Waals surface area contributed by atoms with Gasteiger partial charge in [0.05, 0.1) is 5.92 Å². The van der Waals surface area contributed by atoms with Crippen LogP contribution in [-0.4, -0.2) is 31.6 Å². The Hall–Kier alpha value is -2.29. The van der Waals surface area contributed by atoms with E-state index in [9.17, 15) is 9.59 Å². The lowest BCUT2D eigenvalue weighted by Crippen LogP contribution is -2.64. The van der Waals surface area contributed by atoms with E-state index in [0.717, 1.165) is 31.3 Å². The molecule has 3 saturated heterocycles. The van der Waals surface area contributed by atoms with Gasteiger partial charge in [-0.2, -0.15) is 0 Å². The Morgan fingerprint density at radius 3 is 2.52 bits per heavy atom. The Morgan fingerprint density at radius 1 is 1.22 bits per heavy atom. The normalized spacial score (nSPS) is 25.4. The number of piperidine rings is 1. The maximum absolute atomic E-state index is 11.9. The second kappa shape index (κ2) is 5.12. The smallest absolute Gasteiger partial charge is 0.269 e. The Labute approximate surface area is 135 Å². The highest BCUT2D eigenvalue weighted by Gasteiger charge is 2.54. The summed E-state index contributed by atoms with van der Waals surface area (Å²) in [7, 11) is 0. The Morgan fingerprint density at radius 2 is 1.91 bits per heavy atom. The molecule has 4 rings (SSSR count). The fourth-order valence-electron chi connectivity index (χ4n) is 4.21. The minimum atomic E-state index is -0.215. The summed E-state index contributed by atoms with van der Waals surface area (Å²) in [4.78, 5) is 25.5. The number of nitrogens with zero attached hydrogens (tertiary/aromatic N) is 2. The Kier molecular flexibility index (Phi) is 3.19. The van der Waals surface area contributed by atoms with Crippen molar-refractivity contribution in [2.24, 2.45) is 5.41 Å². The standard InChI is InChI=1S/C17H18BN3O2/c19-11-18-7-17(8-18)9-21(10-17)13-3-1-12(2-4-13)14-5-6-15(22)20-16(14)23/h1-4,14H,5-10H2,(H,20,22,23). The van der Waals surface area contributed by atoms with Crippen molar-refractivity contribution in [2.75, 3.05) is 18.0 Å². The predicted molar refractivity (Wildman–Crippen MR) is 87.2 cm³/mol. The van der Waals surface area contributed by atoms with Gasteiger partial charge in [-0.3, -0.25) is 14.9 Å². The lowest BCUT2D eigenvalue weighted by atomic mass is 9.26. The van der Waals surface area contributed by atoms with Crippen LogP contribution in [-0.2, 0) is 9.59 Å². The largest absolute Gasteiger partial charge is 0.370 e. The molecule has 3 aliphatic heterocycles. The number of nitrogens with one attached hydrogen (secondary N) is 1. The van der Waals surface area contributed by atoms with Crippen LogP contribution in [0.4, 0.5) is 5.69 Å². The molecule has 2 amide bonds. The number of nitriles is 1. The fraction of sp³-hybridized carbons (Fsp3) is 0.471. The topological polar surface area (TPSA) is 73.2 Å².